The van der Waals surface area contributed by atoms with Gasteiger partial charge in [-0.1, -0.05) is 10.4 Å². The number of alkyl halides is 2. The predicted octanol–water partition coefficient (Wildman–Crippen LogP) is 1.94. The monoisotopic (exact) mass is 420 g/mol. The van der Waals surface area contributed by atoms with Crippen LogP contribution in [0.2, 0.25) is 0 Å². The van der Waals surface area contributed by atoms with Crippen molar-refractivity contribution in [2.45, 2.75) is 25.7 Å². The topological polar surface area (TPSA) is 172 Å². The number of carbonyl (C=O) groups excluding carboxylic acids is 1. The van der Waals surface area contributed by atoms with Crippen LogP contribution >= 0.6 is 0 Å². The Balaban J connectivity index is 1.54. The fourth-order valence-corrected chi connectivity index (χ4v) is 3.10. The van der Waals surface area contributed by atoms with Gasteiger partial charge in [-0.3, -0.25) is 10.1 Å². The van der Waals surface area contributed by atoms with Crippen molar-refractivity contribution in [1.82, 2.24) is 30.8 Å². The minimum atomic E-state index is -3.29. The number of nitrogens with zero attached hydrogens (tertiary/aromatic N) is 5. The summed E-state index contributed by atoms with van der Waals surface area (Å²) in [5.74, 6) is -7.42. The van der Waals surface area contributed by atoms with Crippen molar-refractivity contribution >= 4 is 23.4 Å². The van der Waals surface area contributed by atoms with Crippen molar-refractivity contribution < 1.29 is 28.0 Å². The van der Waals surface area contributed by atoms with Crippen molar-refractivity contribution in [2.75, 3.05) is 10.6 Å². The maximum absolute atomic E-state index is 14.0. The predicted molar refractivity (Wildman–Crippen MR) is 94.8 cm³/mol. The largest absolute Gasteiger partial charge is 0.465 e. The smallest absolute Gasteiger partial charge is 0.409 e. The average molecular weight is 420 g/mol. The summed E-state index contributed by atoms with van der Waals surface area (Å²) in [7, 11) is 0. The lowest BCUT2D eigenvalue weighted by Crippen LogP contribution is -2.18. The Morgan fingerprint density at radius 3 is 2.63 bits per heavy atom. The molecule has 1 aliphatic carbocycles. The molecule has 0 spiro atoms. The first-order valence-electron chi connectivity index (χ1n) is 8.56. The van der Waals surface area contributed by atoms with E-state index >= 15 is 0 Å². The highest BCUT2D eigenvalue weighted by Gasteiger charge is 2.74. The van der Waals surface area contributed by atoms with E-state index in [1.165, 1.54) is 12.1 Å². The molecule has 1 fully saturated rings. The van der Waals surface area contributed by atoms with Crippen LogP contribution in [0.5, 0.6) is 0 Å². The standard InChI is InChI=1S/C16H14F2N8O4/c1-5-7(20-14(27)10-9(16(10,17)18)13-22-25-26-23-13)3-4-8(19-5)12-11(21-15(28)29)6(2)24-30-12/h3-4,9-10,21H,1-2H3,(H,20,27)(H,28,29)(H,22,23,25,26). The quantitative estimate of drug-likeness (QED) is 0.481. The van der Waals surface area contributed by atoms with Gasteiger partial charge >= 0.3 is 6.09 Å². The summed E-state index contributed by atoms with van der Waals surface area (Å²) in [6.45, 7) is 3.10. The molecule has 3 aromatic rings. The van der Waals surface area contributed by atoms with E-state index in [1.807, 2.05) is 0 Å². The number of amides is 2. The van der Waals surface area contributed by atoms with Crippen LogP contribution in [0.3, 0.4) is 0 Å². The fourth-order valence-electron chi connectivity index (χ4n) is 3.10. The van der Waals surface area contributed by atoms with Gasteiger partial charge in [-0.25, -0.2) is 18.6 Å². The Morgan fingerprint density at radius 1 is 1.23 bits per heavy atom. The zero-order chi connectivity index (χ0) is 21.6. The lowest BCUT2D eigenvalue weighted by molar-refractivity contribution is -0.119. The van der Waals surface area contributed by atoms with Crippen LogP contribution in [-0.2, 0) is 4.79 Å². The second-order valence-corrected chi connectivity index (χ2v) is 6.62. The highest BCUT2D eigenvalue weighted by atomic mass is 19.3. The van der Waals surface area contributed by atoms with E-state index in [2.05, 4.69) is 41.4 Å². The minimum Gasteiger partial charge on any atom is -0.465 e. The molecule has 1 aliphatic rings. The fraction of sp³-hybridized carbons (Fsp3) is 0.312. The van der Waals surface area contributed by atoms with Crippen LogP contribution in [0.1, 0.15) is 23.1 Å². The number of nitrogens with one attached hydrogen (secondary N) is 3. The van der Waals surface area contributed by atoms with Crippen molar-refractivity contribution in [2.24, 2.45) is 5.92 Å². The van der Waals surface area contributed by atoms with Gasteiger partial charge < -0.3 is 14.9 Å². The second kappa shape index (κ2) is 6.82. The SMILES string of the molecule is Cc1nc(-c2onc(C)c2NC(=O)O)ccc1NC(=O)C1C(c2nn[nH]n2)C1(F)F. The summed E-state index contributed by atoms with van der Waals surface area (Å²) in [5.41, 5.74) is 1.20. The Bertz CT molecular complexity index is 1130. The number of halogens is 2. The van der Waals surface area contributed by atoms with Gasteiger partial charge in [0.25, 0.3) is 5.92 Å². The number of rotatable bonds is 5. The van der Waals surface area contributed by atoms with Gasteiger partial charge in [-0.05, 0) is 26.0 Å². The molecule has 2 unspecified atom stereocenters. The summed E-state index contributed by atoms with van der Waals surface area (Å²) in [5, 5.41) is 29.6. The van der Waals surface area contributed by atoms with Crippen molar-refractivity contribution in [3.8, 4) is 11.5 Å². The number of aryl methyl sites for hydroxylation is 2. The lowest BCUT2D eigenvalue weighted by Gasteiger charge is -2.09. The van der Waals surface area contributed by atoms with Crippen LogP contribution in [0.4, 0.5) is 25.0 Å². The molecule has 4 N–H and O–H groups in total. The molecule has 3 aromatic heterocycles. The van der Waals surface area contributed by atoms with Crippen LogP contribution in [0.25, 0.3) is 11.5 Å². The van der Waals surface area contributed by atoms with Gasteiger partial charge in [0.2, 0.25) is 11.7 Å². The molecule has 156 valence electrons. The number of carboxylic acid groups (broad SMARTS) is 1. The van der Waals surface area contributed by atoms with E-state index in [9.17, 15) is 18.4 Å². The molecule has 14 heteroatoms. The number of tetrazole rings is 1. The first kappa shape index (κ1) is 19.4. The molecule has 0 radical (unpaired) electrons. The molecule has 0 aromatic carbocycles. The summed E-state index contributed by atoms with van der Waals surface area (Å²) in [4.78, 5) is 27.6. The van der Waals surface area contributed by atoms with Gasteiger partial charge in [-0.15, -0.1) is 10.2 Å². The maximum atomic E-state index is 14.0. The van der Waals surface area contributed by atoms with Gasteiger partial charge in [0, 0.05) is 0 Å². The van der Waals surface area contributed by atoms with Gasteiger partial charge in [0.15, 0.2) is 5.82 Å². The summed E-state index contributed by atoms with van der Waals surface area (Å²) in [6, 6.07) is 2.89. The van der Waals surface area contributed by atoms with E-state index in [1.54, 1.807) is 13.8 Å². The summed E-state index contributed by atoms with van der Waals surface area (Å²) in [6.07, 6.45) is -1.30. The highest BCUT2D eigenvalue weighted by Crippen LogP contribution is 2.60. The number of pyridine rings is 1. The van der Waals surface area contributed by atoms with Gasteiger partial charge in [0.1, 0.15) is 28.9 Å². The van der Waals surface area contributed by atoms with E-state index < -0.39 is 29.8 Å². The zero-order valence-corrected chi connectivity index (χ0v) is 15.5. The molecule has 4 rings (SSSR count). The van der Waals surface area contributed by atoms with Crippen molar-refractivity contribution in [1.29, 1.82) is 0 Å². The second-order valence-electron chi connectivity index (χ2n) is 6.62. The van der Waals surface area contributed by atoms with E-state index in [0.717, 1.165) is 0 Å². The lowest BCUT2D eigenvalue weighted by atomic mass is 10.2. The number of aromatic nitrogens is 6. The Hall–Kier alpha value is -3.97. The number of hydrogen-bond acceptors (Lipinski definition) is 8. The third-order valence-corrected chi connectivity index (χ3v) is 4.65. The third kappa shape index (κ3) is 3.21. The molecule has 12 nitrogen and oxygen atoms in total. The molecule has 2 atom stereocenters. The number of aromatic amines is 1. The molecule has 0 saturated heterocycles. The molecular weight excluding hydrogens is 406 g/mol. The highest BCUT2D eigenvalue weighted by molar-refractivity contribution is 5.97. The molecular formula is C16H14F2N8O4. The van der Waals surface area contributed by atoms with Gasteiger partial charge in [0.05, 0.1) is 11.4 Å². The van der Waals surface area contributed by atoms with Crippen LogP contribution in [-0.4, -0.2) is 53.8 Å². The van der Waals surface area contributed by atoms with E-state index in [4.69, 9.17) is 9.63 Å². The average Bonchev–Trinajstić information content (AvgIpc) is 3.04. The molecule has 30 heavy (non-hydrogen) atoms. The number of anilines is 2. The van der Waals surface area contributed by atoms with Crippen molar-refractivity contribution in [3.05, 3.63) is 29.3 Å². The molecule has 3 heterocycles. The Labute approximate surface area is 166 Å². The molecule has 1 saturated carbocycles. The van der Waals surface area contributed by atoms with Crippen LogP contribution < -0.4 is 10.6 Å². The van der Waals surface area contributed by atoms with E-state index in [-0.39, 0.29) is 28.7 Å². The summed E-state index contributed by atoms with van der Waals surface area (Å²) < 4.78 is 33.2. The normalized spacial score (nSPS) is 19.3. The van der Waals surface area contributed by atoms with Crippen LogP contribution in [0, 0.1) is 19.8 Å². The third-order valence-electron chi connectivity index (χ3n) is 4.65. The Morgan fingerprint density at radius 2 is 2.00 bits per heavy atom. The van der Waals surface area contributed by atoms with E-state index in [0.29, 0.717) is 11.4 Å². The van der Waals surface area contributed by atoms with Gasteiger partial charge in [-0.2, -0.15) is 5.21 Å². The molecule has 0 aliphatic heterocycles. The number of H-pyrrole nitrogens is 1. The summed E-state index contributed by atoms with van der Waals surface area (Å²) >= 11 is 0. The number of hydrogen-bond donors (Lipinski definition) is 4. The molecule has 0 bridgehead atoms. The first-order chi connectivity index (χ1) is 14.2. The Kier molecular flexibility index (Phi) is 4.40. The van der Waals surface area contributed by atoms with Crippen molar-refractivity contribution in [3.63, 3.8) is 0 Å². The number of carbonyl (C=O) groups is 2. The maximum Gasteiger partial charge on any atom is 0.409 e. The molecule has 2 amide bonds. The first-order valence-corrected chi connectivity index (χ1v) is 8.56. The zero-order valence-electron chi connectivity index (χ0n) is 15.5. The minimum absolute atomic E-state index is 0.0850. The van der Waals surface area contributed by atoms with Crippen LogP contribution in [0.15, 0.2) is 16.7 Å².